The SMILES string of the molecule is COc1cc(/C=N/NC(=O)c2ccncc2)ccc1OCCCOc1ccc(Cl)cc1. The molecular weight excluding hydrogens is 418 g/mol. The van der Waals surface area contributed by atoms with E-state index in [1.54, 1.807) is 55.9 Å². The van der Waals surface area contributed by atoms with Gasteiger partial charge in [-0.05, 0) is 60.2 Å². The number of carbonyl (C=O) groups excluding carboxylic acids is 1. The van der Waals surface area contributed by atoms with E-state index in [2.05, 4.69) is 15.5 Å². The molecule has 8 heteroatoms. The number of hydrogen-bond donors (Lipinski definition) is 1. The molecule has 0 fully saturated rings. The van der Waals surface area contributed by atoms with Crippen LogP contribution in [0.2, 0.25) is 5.02 Å². The summed E-state index contributed by atoms with van der Waals surface area (Å²) in [5.74, 6) is 1.64. The molecule has 3 aromatic rings. The Morgan fingerprint density at radius 2 is 1.77 bits per heavy atom. The summed E-state index contributed by atoms with van der Waals surface area (Å²) in [6, 6.07) is 15.8. The van der Waals surface area contributed by atoms with Gasteiger partial charge in [0.1, 0.15) is 5.75 Å². The second-order valence-corrected chi connectivity index (χ2v) is 6.79. The second-order valence-electron chi connectivity index (χ2n) is 6.35. The molecule has 1 N–H and O–H groups in total. The molecule has 1 aromatic heterocycles. The van der Waals surface area contributed by atoms with E-state index in [1.807, 2.05) is 18.2 Å². The maximum atomic E-state index is 12.0. The van der Waals surface area contributed by atoms with Crippen LogP contribution < -0.4 is 19.6 Å². The first kappa shape index (κ1) is 22.1. The molecule has 0 aliphatic heterocycles. The van der Waals surface area contributed by atoms with E-state index in [1.165, 1.54) is 6.21 Å². The molecule has 0 aliphatic rings. The second kappa shape index (κ2) is 11.6. The van der Waals surface area contributed by atoms with Crippen molar-refractivity contribution in [3.63, 3.8) is 0 Å². The van der Waals surface area contributed by atoms with Gasteiger partial charge in [-0.15, -0.1) is 0 Å². The van der Waals surface area contributed by atoms with Crippen LogP contribution in [0.1, 0.15) is 22.3 Å². The lowest BCUT2D eigenvalue weighted by Crippen LogP contribution is -2.17. The lowest BCUT2D eigenvalue weighted by atomic mass is 10.2. The summed E-state index contributed by atoms with van der Waals surface area (Å²) >= 11 is 5.85. The van der Waals surface area contributed by atoms with Gasteiger partial charge in [0.05, 0.1) is 26.5 Å². The van der Waals surface area contributed by atoms with Crippen LogP contribution in [-0.4, -0.2) is 37.4 Å². The Balaban J connectivity index is 1.46. The molecule has 3 rings (SSSR count). The first-order chi connectivity index (χ1) is 15.2. The Bertz CT molecular complexity index is 1010. The first-order valence-electron chi connectivity index (χ1n) is 9.58. The highest BCUT2D eigenvalue weighted by Gasteiger charge is 2.06. The Morgan fingerprint density at radius 3 is 2.52 bits per heavy atom. The van der Waals surface area contributed by atoms with Crippen LogP contribution in [0.4, 0.5) is 0 Å². The standard InChI is InChI=1S/C23H22ClN3O4/c1-29-22-15-17(16-26-27-23(28)18-9-11-25-12-10-18)3-8-21(22)31-14-2-13-30-20-6-4-19(24)5-7-20/h3-12,15-16H,2,13-14H2,1H3,(H,27,28)/b26-16+. The van der Waals surface area contributed by atoms with E-state index in [0.717, 1.165) is 11.3 Å². The summed E-state index contributed by atoms with van der Waals surface area (Å²) < 4.78 is 16.8. The molecule has 0 saturated heterocycles. The van der Waals surface area contributed by atoms with Gasteiger partial charge in [-0.2, -0.15) is 5.10 Å². The number of nitrogens with zero attached hydrogens (tertiary/aromatic N) is 2. The minimum absolute atomic E-state index is 0.314. The highest BCUT2D eigenvalue weighted by molar-refractivity contribution is 6.30. The summed E-state index contributed by atoms with van der Waals surface area (Å²) in [6.07, 6.45) is 5.33. The molecule has 0 radical (unpaired) electrons. The molecule has 1 amide bonds. The normalized spacial score (nSPS) is 10.6. The average molecular weight is 440 g/mol. The number of pyridine rings is 1. The third-order valence-electron chi connectivity index (χ3n) is 4.14. The summed E-state index contributed by atoms with van der Waals surface area (Å²) in [7, 11) is 1.57. The van der Waals surface area contributed by atoms with Crippen molar-refractivity contribution < 1.29 is 19.0 Å². The van der Waals surface area contributed by atoms with Crippen LogP contribution in [-0.2, 0) is 0 Å². The number of amides is 1. The molecule has 0 aliphatic carbocycles. The Kier molecular flexibility index (Phi) is 8.25. The zero-order valence-electron chi connectivity index (χ0n) is 17.0. The monoisotopic (exact) mass is 439 g/mol. The van der Waals surface area contributed by atoms with Gasteiger partial charge in [0.15, 0.2) is 11.5 Å². The summed E-state index contributed by atoms with van der Waals surface area (Å²) in [4.78, 5) is 15.9. The summed E-state index contributed by atoms with van der Waals surface area (Å²) in [5, 5.41) is 4.65. The van der Waals surface area contributed by atoms with E-state index in [-0.39, 0.29) is 5.91 Å². The maximum Gasteiger partial charge on any atom is 0.271 e. The Hall–Kier alpha value is -3.58. The Labute approximate surface area is 185 Å². The van der Waals surface area contributed by atoms with Gasteiger partial charge < -0.3 is 14.2 Å². The van der Waals surface area contributed by atoms with Crippen LogP contribution >= 0.6 is 11.6 Å². The zero-order valence-corrected chi connectivity index (χ0v) is 17.7. The topological polar surface area (TPSA) is 82.0 Å². The smallest absolute Gasteiger partial charge is 0.271 e. The van der Waals surface area contributed by atoms with Crippen molar-refractivity contribution in [3.8, 4) is 17.2 Å². The van der Waals surface area contributed by atoms with E-state index in [9.17, 15) is 4.79 Å². The third-order valence-corrected chi connectivity index (χ3v) is 4.39. The highest BCUT2D eigenvalue weighted by atomic mass is 35.5. The molecule has 2 aromatic carbocycles. The number of hydrazone groups is 1. The number of nitrogens with one attached hydrogen (secondary N) is 1. The van der Waals surface area contributed by atoms with E-state index < -0.39 is 0 Å². The minimum atomic E-state index is -0.314. The fraction of sp³-hybridized carbons (Fsp3) is 0.174. The van der Waals surface area contributed by atoms with Crippen LogP contribution in [0.5, 0.6) is 17.2 Å². The molecular formula is C23H22ClN3O4. The fourth-order valence-electron chi connectivity index (χ4n) is 2.58. The predicted octanol–water partition coefficient (Wildman–Crippen LogP) is 4.36. The molecule has 0 saturated carbocycles. The van der Waals surface area contributed by atoms with Crippen molar-refractivity contribution in [2.45, 2.75) is 6.42 Å². The number of methoxy groups -OCH3 is 1. The third kappa shape index (κ3) is 7.01. The van der Waals surface area contributed by atoms with Crippen molar-refractivity contribution in [1.29, 1.82) is 0 Å². The molecule has 0 atom stereocenters. The number of rotatable bonds is 10. The van der Waals surface area contributed by atoms with Crippen LogP contribution in [0, 0.1) is 0 Å². The Morgan fingerprint density at radius 1 is 1.03 bits per heavy atom. The number of hydrogen-bond acceptors (Lipinski definition) is 6. The van der Waals surface area contributed by atoms with Crippen molar-refractivity contribution in [2.75, 3.05) is 20.3 Å². The predicted molar refractivity (Wildman–Crippen MR) is 119 cm³/mol. The highest BCUT2D eigenvalue weighted by Crippen LogP contribution is 2.27. The van der Waals surface area contributed by atoms with Crippen molar-refractivity contribution >= 4 is 23.7 Å². The van der Waals surface area contributed by atoms with Gasteiger partial charge in [-0.25, -0.2) is 5.43 Å². The van der Waals surface area contributed by atoms with Crippen LogP contribution in [0.3, 0.4) is 0 Å². The van der Waals surface area contributed by atoms with Gasteiger partial charge in [-0.3, -0.25) is 9.78 Å². The zero-order chi connectivity index (χ0) is 21.9. The molecule has 160 valence electrons. The van der Waals surface area contributed by atoms with Gasteiger partial charge in [0, 0.05) is 29.4 Å². The quantitative estimate of drug-likeness (QED) is 0.288. The number of aromatic nitrogens is 1. The van der Waals surface area contributed by atoms with Gasteiger partial charge >= 0.3 is 0 Å². The summed E-state index contributed by atoms with van der Waals surface area (Å²) in [6.45, 7) is 0.991. The largest absolute Gasteiger partial charge is 0.493 e. The molecule has 0 unspecified atom stereocenters. The van der Waals surface area contributed by atoms with E-state index in [0.29, 0.717) is 41.7 Å². The van der Waals surface area contributed by atoms with Crippen molar-refractivity contribution in [2.24, 2.45) is 5.10 Å². The van der Waals surface area contributed by atoms with Crippen molar-refractivity contribution in [1.82, 2.24) is 10.4 Å². The summed E-state index contributed by atoms with van der Waals surface area (Å²) in [5.41, 5.74) is 3.71. The maximum absolute atomic E-state index is 12.0. The van der Waals surface area contributed by atoms with Crippen LogP contribution in [0.25, 0.3) is 0 Å². The van der Waals surface area contributed by atoms with Gasteiger partial charge in [0.25, 0.3) is 5.91 Å². The van der Waals surface area contributed by atoms with E-state index >= 15 is 0 Å². The first-order valence-corrected chi connectivity index (χ1v) is 9.96. The molecule has 0 bridgehead atoms. The number of halogens is 1. The lowest BCUT2D eigenvalue weighted by molar-refractivity contribution is 0.0955. The number of carbonyl (C=O) groups is 1. The molecule has 1 heterocycles. The van der Waals surface area contributed by atoms with Crippen molar-refractivity contribution in [3.05, 3.63) is 83.1 Å². The lowest BCUT2D eigenvalue weighted by Gasteiger charge is -2.12. The fourth-order valence-corrected chi connectivity index (χ4v) is 2.70. The number of ether oxygens (including phenoxy) is 3. The molecule has 7 nitrogen and oxygen atoms in total. The molecule has 31 heavy (non-hydrogen) atoms. The minimum Gasteiger partial charge on any atom is -0.493 e. The average Bonchev–Trinajstić information content (AvgIpc) is 2.81. The van der Waals surface area contributed by atoms with Gasteiger partial charge in [0.2, 0.25) is 0 Å². The van der Waals surface area contributed by atoms with Crippen LogP contribution in [0.15, 0.2) is 72.1 Å². The molecule has 0 spiro atoms. The van der Waals surface area contributed by atoms with E-state index in [4.69, 9.17) is 25.8 Å². The number of benzene rings is 2. The van der Waals surface area contributed by atoms with Gasteiger partial charge in [-0.1, -0.05) is 11.6 Å².